The number of carbonyl (C=O) groups excluding carboxylic acids is 1. The van der Waals surface area contributed by atoms with Gasteiger partial charge in [-0.25, -0.2) is 0 Å². The molecule has 0 saturated carbocycles. The Hall–Kier alpha value is -2.11. The van der Waals surface area contributed by atoms with E-state index in [2.05, 4.69) is 42.3 Å². The lowest BCUT2D eigenvalue weighted by Crippen LogP contribution is -2.30. The molecule has 0 bridgehead atoms. The van der Waals surface area contributed by atoms with Crippen molar-refractivity contribution in [3.05, 3.63) is 70.1 Å². The lowest BCUT2D eigenvalue weighted by Gasteiger charge is -2.27. The van der Waals surface area contributed by atoms with E-state index in [0.717, 1.165) is 29.9 Å². The molecule has 0 radical (unpaired) electrons. The molecule has 2 heterocycles. The molecule has 2 aliphatic rings. The fourth-order valence-electron chi connectivity index (χ4n) is 3.62. The largest absolute Gasteiger partial charge is 0.374 e. The Kier molecular flexibility index (Phi) is 5.32. The number of aryl methyl sites for hydroxylation is 1. The molecule has 1 fully saturated rings. The molecule has 5 heteroatoms. The quantitative estimate of drug-likeness (QED) is 0.562. The van der Waals surface area contributed by atoms with Crippen molar-refractivity contribution >= 4 is 46.0 Å². The first-order chi connectivity index (χ1) is 13.1. The molecule has 1 amide bonds. The average Bonchev–Trinajstić information content (AvgIpc) is 2.94. The molecule has 4 rings (SSSR count). The molecule has 138 valence electrons. The summed E-state index contributed by atoms with van der Waals surface area (Å²) in [5.41, 5.74) is 4.95. The lowest BCUT2D eigenvalue weighted by molar-refractivity contribution is -0.122. The highest BCUT2D eigenvalue weighted by Gasteiger charge is 2.31. The number of amides is 1. The Morgan fingerprint density at radius 1 is 1.19 bits per heavy atom. The summed E-state index contributed by atoms with van der Waals surface area (Å²) in [5, 5.41) is 0. The first-order valence-corrected chi connectivity index (χ1v) is 10.5. The summed E-state index contributed by atoms with van der Waals surface area (Å²) >= 11 is 6.87. The predicted molar refractivity (Wildman–Crippen MR) is 118 cm³/mol. The number of thiocarbonyl (C=S) groups is 1. The van der Waals surface area contributed by atoms with Gasteiger partial charge < -0.3 is 4.90 Å². The number of fused-ring (bicyclic) bond motifs is 1. The van der Waals surface area contributed by atoms with Gasteiger partial charge in [0.25, 0.3) is 5.91 Å². The molecule has 0 aromatic heterocycles. The Balaban J connectivity index is 1.49. The van der Waals surface area contributed by atoms with E-state index in [1.807, 2.05) is 24.3 Å². The minimum atomic E-state index is 0.0239. The highest BCUT2D eigenvalue weighted by Crippen LogP contribution is 2.34. The van der Waals surface area contributed by atoms with Crippen molar-refractivity contribution in [1.29, 1.82) is 0 Å². The Morgan fingerprint density at radius 2 is 2.00 bits per heavy atom. The van der Waals surface area contributed by atoms with E-state index in [1.165, 1.54) is 35.0 Å². The number of hydrogen-bond acceptors (Lipinski definition) is 4. The maximum Gasteiger partial charge on any atom is 0.266 e. The third-order valence-electron chi connectivity index (χ3n) is 5.09. The van der Waals surface area contributed by atoms with Gasteiger partial charge in [0.2, 0.25) is 0 Å². The summed E-state index contributed by atoms with van der Waals surface area (Å²) in [4.78, 5) is 17.6. The van der Waals surface area contributed by atoms with Crippen LogP contribution in [0.25, 0.3) is 6.08 Å². The SMILES string of the molecule is CN1CCCc2cc(C=C3SC(=S)N(CCc4ccccc4)C3=O)ccc21. The van der Waals surface area contributed by atoms with E-state index in [-0.39, 0.29) is 5.91 Å². The molecule has 0 atom stereocenters. The first-order valence-electron chi connectivity index (χ1n) is 9.25. The van der Waals surface area contributed by atoms with Crippen LogP contribution in [0, 0.1) is 0 Å². The number of anilines is 1. The van der Waals surface area contributed by atoms with Crippen LogP contribution in [0.1, 0.15) is 23.1 Å². The molecule has 0 spiro atoms. The second-order valence-electron chi connectivity index (χ2n) is 6.98. The van der Waals surface area contributed by atoms with Crippen molar-refractivity contribution < 1.29 is 4.79 Å². The summed E-state index contributed by atoms with van der Waals surface area (Å²) < 4.78 is 0.653. The van der Waals surface area contributed by atoms with Gasteiger partial charge in [-0.2, -0.15) is 0 Å². The van der Waals surface area contributed by atoms with Crippen LogP contribution in [0.2, 0.25) is 0 Å². The molecule has 0 N–H and O–H groups in total. The van der Waals surface area contributed by atoms with E-state index >= 15 is 0 Å². The smallest absolute Gasteiger partial charge is 0.266 e. The van der Waals surface area contributed by atoms with Crippen molar-refractivity contribution in [3.63, 3.8) is 0 Å². The zero-order valence-corrected chi connectivity index (χ0v) is 17.0. The Bertz CT molecular complexity index is 908. The maximum atomic E-state index is 12.8. The highest BCUT2D eigenvalue weighted by molar-refractivity contribution is 8.26. The van der Waals surface area contributed by atoms with Gasteiger partial charge in [0.05, 0.1) is 4.91 Å². The number of thioether (sulfide) groups is 1. The van der Waals surface area contributed by atoms with Crippen molar-refractivity contribution in [2.75, 3.05) is 25.0 Å². The zero-order chi connectivity index (χ0) is 18.8. The molecular formula is C22H22N2OS2. The normalized spacial score (nSPS) is 18.3. The van der Waals surface area contributed by atoms with Gasteiger partial charge in [-0.3, -0.25) is 9.69 Å². The van der Waals surface area contributed by atoms with Gasteiger partial charge >= 0.3 is 0 Å². The summed E-state index contributed by atoms with van der Waals surface area (Å²) in [6, 6.07) is 16.7. The van der Waals surface area contributed by atoms with Gasteiger partial charge in [0.15, 0.2) is 0 Å². The maximum absolute atomic E-state index is 12.8. The monoisotopic (exact) mass is 394 g/mol. The van der Waals surface area contributed by atoms with Crippen molar-refractivity contribution in [1.82, 2.24) is 4.90 Å². The average molecular weight is 395 g/mol. The third kappa shape index (κ3) is 3.94. The minimum absolute atomic E-state index is 0.0239. The predicted octanol–water partition coefficient (Wildman–Crippen LogP) is 4.51. The van der Waals surface area contributed by atoms with Gasteiger partial charge in [-0.05, 0) is 54.2 Å². The lowest BCUT2D eigenvalue weighted by atomic mass is 9.99. The van der Waals surface area contributed by atoms with Crippen LogP contribution in [-0.2, 0) is 17.6 Å². The number of nitrogens with zero attached hydrogens (tertiary/aromatic N) is 2. The number of rotatable bonds is 4. The topological polar surface area (TPSA) is 23.6 Å². The van der Waals surface area contributed by atoms with E-state index in [9.17, 15) is 4.79 Å². The van der Waals surface area contributed by atoms with Gasteiger partial charge in [0, 0.05) is 25.8 Å². The van der Waals surface area contributed by atoms with Crippen LogP contribution in [0.3, 0.4) is 0 Å². The molecule has 27 heavy (non-hydrogen) atoms. The fourth-order valence-corrected chi connectivity index (χ4v) is 4.93. The van der Waals surface area contributed by atoms with E-state index in [0.29, 0.717) is 10.9 Å². The van der Waals surface area contributed by atoms with Gasteiger partial charge in [-0.15, -0.1) is 0 Å². The molecule has 0 aliphatic carbocycles. The van der Waals surface area contributed by atoms with Crippen molar-refractivity contribution in [2.45, 2.75) is 19.3 Å². The summed E-state index contributed by atoms with van der Waals surface area (Å²) in [6.45, 7) is 1.73. The third-order valence-corrected chi connectivity index (χ3v) is 6.47. The van der Waals surface area contributed by atoms with Crippen LogP contribution in [0.15, 0.2) is 53.4 Å². The van der Waals surface area contributed by atoms with E-state index in [1.54, 1.807) is 4.90 Å². The van der Waals surface area contributed by atoms with Crippen molar-refractivity contribution in [2.24, 2.45) is 0 Å². The molecular weight excluding hydrogens is 372 g/mol. The van der Waals surface area contributed by atoms with Crippen LogP contribution >= 0.6 is 24.0 Å². The van der Waals surface area contributed by atoms with Crippen molar-refractivity contribution in [3.8, 4) is 0 Å². The highest BCUT2D eigenvalue weighted by atomic mass is 32.2. The molecule has 0 unspecified atom stereocenters. The Labute approximate surface area is 170 Å². The molecule has 3 nitrogen and oxygen atoms in total. The van der Waals surface area contributed by atoms with E-state index < -0.39 is 0 Å². The standard InChI is InChI=1S/C22H22N2OS2/c1-23-12-5-8-18-14-17(9-10-19(18)23)15-20-21(25)24(22(26)27-20)13-11-16-6-3-2-4-7-16/h2-4,6-7,9-10,14-15H,5,8,11-13H2,1H3. The van der Waals surface area contributed by atoms with Crippen LogP contribution < -0.4 is 4.90 Å². The summed E-state index contributed by atoms with van der Waals surface area (Å²) in [6.07, 6.45) is 5.07. The molecule has 2 aliphatic heterocycles. The van der Waals surface area contributed by atoms with Crippen LogP contribution in [-0.4, -0.2) is 35.3 Å². The molecule has 1 saturated heterocycles. The second-order valence-corrected chi connectivity index (χ2v) is 8.66. The van der Waals surface area contributed by atoms with E-state index in [4.69, 9.17) is 12.2 Å². The van der Waals surface area contributed by atoms with Gasteiger partial charge in [-0.1, -0.05) is 60.4 Å². The second kappa shape index (κ2) is 7.87. The number of carbonyl (C=O) groups is 1. The fraction of sp³-hybridized carbons (Fsp3) is 0.273. The summed E-state index contributed by atoms with van der Waals surface area (Å²) in [5.74, 6) is 0.0239. The number of benzene rings is 2. The first kappa shape index (κ1) is 18.3. The van der Waals surface area contributed by atoms with Gasteiger partial charge in [0.1, 0.15) is 4.32 Å². The zero-order valence-electron chi connectivity index (χ0n) is 15.4. The minimum Gasteiger partial charge on any atom is -0.374 e. The molecule has 2 aromatic rings. The molecule has 2 aromatic carbocycles. The number of hydrogen-bond donors (Lipinski definition) is 0. The van der Waals surface area contributed by atoms with Crippen LogP contribution in [0.4, 0.5) is 5.69 Å². The van der Waals surface area contributed by atoms with Crippen LogP contribution in [0.5, 0.6) is 0 Å². The summed E-state index contributed by atoms with van der Waals surface area (Å²) in [7, 11) is 2.13. The Morgan fingerprint density at radius 3 is 2.81 bits per heavy atom.